The Morgan fingerprint density at radius 3 is 2.67 bits per heavy atom. The molecule has 2 heterocycles. The standard InChI is InChI=1S/C8H11N5S.ClH/c1-12-4-10-6-5(12)7(14-3)11-8(9)13(6)2;/h4,9H,1-3H3;1H. The van der Waals surface area contributed by atoms with Gasteiger partial charge < -0.3 is 4.57 Å². The first-order chi connectivity index (χ1) is 6.65. The molecule has 5 nitrogen and oxygen atoms in total. The zero-order valence-corrected chi connectivity index (χ0v) is 10.3. The highest BCUT2D eigenvalue weighted by Crippen LogP contribution is 2.20. The molecule has 2 rings (SSSR count). The van der Waals surface area contributed by atoms with Gasteiger partial charge in [0.1, 0.15) is 10.5 Å². The molecule has 0 radical (unpaired) electrons. The van der Waals surface area contributed by atoms with E-state index in [0.717, 1.165) is 16.2 Å². The van der Waals surface area contributed by atoms with Crippen molar-refractivity contribution in [1.82, 2.24) is 19.1 Å². The number of hydrogen-bond acceptors (Lipinski definition) is 4. The van der Waals surface area contributed by atoms with Crippen molar-refractivity contribution in [2.24, 2.45) is 14.1 Å². The molecule has 15 heavy (non-hydrogen) atoms. The van der Waals surface area contributed by atoms with Crippen LogP contribution in [0.5, 0.6) is 0 Å². The monoisotopic (exact) mass is 245 g/mol. The van der Waals surface area contributed by atoms with E-state index in [9.17, 15) is 0 Å². The lowest BCUT2D eigenvalue weighted by Crippen LogP contribution is -2.21. The lowest BCUT2D eigenvalue weighted by Gasteiger charge is -2.04. The Morgan fingerprint density at radius 1 is 1.40 bits per heavy atom. The number of nitrogens with zero attached hydrogens (tertiary/aromatic N) is 4. The third-order valence-electron chi connectivity index (χ3n) is 2.16. The summed E-state index contributed by atoms with van der Waals surface area (Å²) in [4.78, 5) is 8.42. The number of nitrogens with one attached hydrogen (secondary N) is 1. The minimum Gasteiger partial charge on any atom is -0.330 e. The van der Waals surface area contributed by atoms with E-state index >= 15 is 0 Å². The van der Waals surface area contributed by atoms with Crippen LogP contribution in [-0.2, 0) is 14.1 Å². The van der Waals surface area contributed by atoms with Gasteiger partial charge in [0.2, 0.25) is 5.62 Å². The molecule has 7 heteroatoms. The maximum absolute atomic E-state index is 7.64. The lowest BCUT2D eigenvalue weighted by molar-refractivity contribution is 0.763. The van der Waals surface area contributed by atoms with Gasteiger partial charge in [-0.05, 0) is 6.26 Å². The molecular weight excluding hydrogens is 234 g/mol. The van der Waals surface area contributed by atoms with Crippen molar-refractivity contribution in [1.29, 1.82) is 5.41 Å². The van der Waals surface area contributed by atoms with Gasteiger partial charge in [-0.15, -0.1) is 24.2 Å². The van der Waals surface area contributed by atoms with Gasteiger partial charge in [0.25, 0.3) is 0 Å². The van der Waals surface area contributed by atoms with Crippen molar-refractivity contribution in [2.45, 2.75) is 5.03 Å². The van der Waals surface area contributed by atoms with Crippen LogP contribution in [0.25, 0.3) is 11.2 Å². The molecule has 0 saturated heterocycles. The Bertz CT molecular complexity index is 544. The van der Waals surface area contributed by atoms with Crippen molar-refractivity contribution < 1.29 is 0 Å². The number of thioether (sulfide) groups is 1. The van der Waals surface area contributed by atoms with Crippen LogP contribution in [-0.4, -0.2) is 25.4 Å². The van der Waals surface area contributed by atoms with Crippen LogP contribution in [0.1, 0.15) is 0 Å². The average Bonchev–Trinajstić information content (AvgIpc) is 2.55. The van der Waals surface area contributed by atoms with Gasteiger partial charge in [0.05, 0.1) is 6.33 Å². The second-order valence-electron chi connectivity index (χ2n) is 3.03. The normalized spacial score (nSPS) is 10.3. The van der Waals surface area contributed by atoms with Crippen molar-refractivity contribution in [3.05, 3.63) is 11.9 Å². The zero-order chi connectivity index (χ0) is 10.3. The number of aryl methyl sites for hydroxylation is 2. The fraction of sp³-hybridized carbons (Fsp3) is 0.375. The summed E-state index contributed by atoms with van der Waals surface area (Å²) in [6.07, 6.45) is 3.69. The number of aromatic nitrogens is 4. The topological polar surface area (TPSA) is 59.5 Å². The molecule has 0 spiro atoms. The Hall–Kier alpha value is -1.01. The van der Waals surface area contributed by atoms with Gasteiger partial charge >= 0.3 is 0 Å². The average molecular weight is 246 g/mol. The second kappa shape index (κ2) is 4.24. The molecule has 0 aliphatic carbocycles. The molecule has 0 aliphatic rings. The molecule has 0 amide bonds. The smallest absolute Gasteiger partial charge is 0.224 e. The number of fused-ring (bicyclic) bond motifs is 1. The van der Waals surface area contributed by atoms with Gasteiger partial charge in [-0.25, -0.2) is 9.97 Å². The number of hydrogen-bond donors (Lipinski definition) is 1. The number of rotatable bonds is 1. The summed E-state index contributed by atoms with van der Waals surface area (Å²) in [6, 6.07) is 0. The minimum atomic E-state index is 0. The first-order valence-corrected chi connectivity index (χ1v) is 5.34. The maximum Gasteiger partial charge on any atom is 0.224 e. The molecular formula is C8H12ClN5S. The molecule has 1 N–H and O–H groups in total. The third kappa shape index (κ3) is 1.74. The van der Waals surface area contributed by atoms with E-state index in [2.05, 4.69) is 9.97 Å². The van der Waals surface area contributed by atoms with Crippen LogP contribution in [0.15, 0.2) is 11.4 Å². The van der Waals surface area contributed by atoms with Crippen molar-refractivity contribution in [3.63, 3.8) is 0 Å². The predicted octanol–water partition coefficient (Wildman–Crippen LogP) is 0.930. The van der Waals surface area contributed by atoms with E-state index in [1.54, 1.807) is 17.9 Å². The van der Waals surface area contributed by atoms with Crippen LogP contribution < -0.4 is 5.62 Å². The van der Waals surface area contributed by atoms with E-state index in [1.165, 1.54) is 11.8 Å². The summed E-state index contributed by atoms with van der Waals surface area (Å²) in [5, 5.41) is 8.49. The van der Waals surface area contributed by atoms with Crippen LogP contribution in [0.2, 0.25) is 0 Å². The molecule has 0 unspecified atom stereocenters. The first kappa shape index (κ1) is 12.1. The molecule has 0 aliphatic heterocycles. The van der Waals surface area contributed by atoms with Crippen LogP contribution in [0, 0.1) is 5.41 Å². The first-order valence-electron chi connectivity index (χ1n) is 4.11. The summed E-state index contributed by atoms with van der Waals surface area (Å²) in [5.41, 5.74) is 2.02. The third-order valence-corrected chi connectivity index (χ3v) is 2.83. The Kier molecular flexibility index (Phi) is 3.41. The molecule has 2 aromatic rings. The quantitative estimate of drug-likeness (QED) is 0.601. The number of imidazole rings is 1. The van der Waals surface area contributed by atoms with Gasteiger partial charge in [-0.1, -0.05) is 0 Å². The minimum absolute atomic E-state index is 0. The number of halogens is 1. The molecule has 0 saturated carbocycles. The summed E-state index contributed by atoms with van der Waals surface area (Å²) in [7, 11) is 3.73. The molecule has 0 atom stereocenters. The van der Waals surface area contributed by atoms with E-state index < -0.39 is 0 Å². The van der Waals surface area contributed by atoms with Gasteiger partial charge in [-0.3, -0.25) is 9.98 Å². The molecule has 2 aromatic heterocycles. The molecule has 0 bridgehead atoms. The Labute approximate surface area is 97.5 Å². The summed E-state index contributed by atoms with van der Waals surface area (Å²) in [5.74, 6) is 0. The maximum atomic E-state index is 7.64. The fourth-order valence-corrected chi connectivity index (χ4v) is 1.98. The van der Waals surface area contributed by atoms with Crippen molar-refractivity contribution in [3.8, 4) is 0 Å². The van der Waals surface area contributed by atoms with Gasteiger partial charge in [0, 0.05) is 14.1 Å². The summed E-state index contributed by atoms with van der Waals surface area (Å²) >= 11 is 1.53. The lowest BCUT2D eigenvalue weighted by atomic mass is 10.5. The molecule has 0 aromatic carbocycles. The van der Waals surface area contributed by atoms with Crippen LogP contribution in [0.3, 0.4) is 0 Å². The van der Waals surface area contributed by atoms with Crippen LogP contribution >= 0.6 is 24.2 Å². The SMILES string of the molecule is CSc1nc(=N)n(C)c2ncn(C)c12.Cl. The summed E-state index contributed by atoms with van der Waals surface area (Å²) < 4.78 is 3.60. The highest BCUT2D eigenvalue weighted by atomic mass is 35.5. The van der Waals surface area contributed by atoms with Crippen molar-refractivity contribution >= 4 is 35.3 Å². The molecule has 82 valence electrons. The highest BCUT2D eigenvalue weighted by molar-refractivity contribution is 7.98. The zero-order valence-electron chi connectivity index (χ0n) is 8.68. The fourth-order valence-electron chi connectivity index (χ4n) is 1.38. The Morgan fingerprint density at radius 2 is 2.07 bits per heavy atom. The van der Waals surface area contributed by atoms with E-state index in [4.69, 9.17) is 5.41 Å². The second-order valence-corrected chi connectivity index (χ2v) is 3.83. The highest BCUT2D eigenvalue weighted by Gasteiger charge is 2.09. The van der Waals surface area contributed by atoms with E-state index in [1.807, 2.05) is 17.9 Å². The van der Waals surface area contributed by atoms with Gasteiger partial charge in [-0.2, -0.15) is 0 Å². The predicted molar refractivity (Wildman–Crippen MR) is 62.4 cm³/mol. The Balaban J connectivity index is 0.00000112. The van der Waals surface area contributed by atoms with Crippen molar-refractivity contribution in [2.75, 3.05) is 6.26 Å². The van der Waals surface area contributed by atoms with E-state index in [-0.39, 0.29) is 18.0 Å². The van der Waals surface area contributed by atoms with Gasteiger partial charge in [0.15, 0.2) is 5.65 Å². The molecule has 0 fully saturated rings. The van der Waals surface area contributed by atoms with E-state index in [0.29, 0.717) is 0 Å². The summed E-state index contributed by atoms with van der Waals surface area (Å²) in [6.45, 7) is 0. The van der Waals surface area contributed by atoms with Crippen LogP contribution in [0.4, 0.5) is 0 Å². The largest absolute Gasteiger partial charge is 0.330 e.